The molecule has 0 radical (unpaired) electrons. The van der Waals surface area contributed by atoms with Gasteiger partial charge in [-0.3, -0.25) is 10.3 Å². The number of allylic oxidation sites excluding steroid dienone is 1. The van der Waals surface area contributed by atoms with Gasteiger partial charge in [0.2, 0.25) is 5.96 Å². The molecule has 4 bridgehead atoms. The predicted octanol–water partition coefficient (Wildman–Crippen LogP) is 7.04. The second kappa shape index (κ2) is 9.53. The Labute approximate surface area is 201 Å². The maximum Gasteiger partial charge on any atom is 0.209 e. The Balaban J connectivity index is 1.56. The van der Waals surface area contributed by atoms with Gasteiger partial charge in [0.1, 0.15) is 0 Å². The van der Waals surface area contributed by atoms with E-state index in [1.165, 1.54) is 43.2 Å². The molecule has 4 heteroatoms. The minimum atomic E-state index is 0.299. The van der Waals surface area contributed by atoms with Crippen LogP contribution in [0.1, 0.15) is 89.7 Å². The molecule has 0 saturated heterocycles. The highest BCUT2D eigenvalue weighted by Crippen LogP contribution is 2.65. The van der Waals surface area contributed by atoms with Crippen molar-refractivity contribution in [2.45, 2.75) is 78.6 Å². The van der Waals surface area contributed by atoms with Gasteiger partial charge in [-0.05, 0) is 102 Å². The number of anilines is 1. The molecule has 4 nitrogen and oxygen atoms in total. The topological polar surface area (TPSA) is 60.2 Å². The Hall–Kier alpha value is -2.28. The Morgan fingerprint density at radius 1 is 1.15 bits per heavy atom. The largest absolute Gasteiger partial charge is 0.326 e. The first-order valence-corrected chi connectivity index (χ1v) is 13.0. The normalized spacial score (nSPS) is 30.7. The fourth-order valence-electron chi connectivity index (χ4n) is 7.21. The summed E-state index contributed by atoms with van der Waals surface area (Å²) in [4.78, 5) is 4.95. The zero-order valence-corrected chi connectivity index (χ0v) is 21.2. The van der Waals surface area contributed by atoms with Crippen molar-refractivity contribution in [2.24, 2.45) is 40.0 Å². The van der Waals surface area contributed by atoms with Crippen LogP contribution < -0.4 is 10.6 Å². The zero-order chi connectivity index (χ0) is 23.8. The summed E-state index contributed by atoms with van der Waals surface area (Å²) in [5.74, 6) is 5.17. The van der Waals surface area contributed by atoms with Crippen LogP contribution in [0.15, 0.2) is 35.8 Å². The van der Waals surface area contributed by atoms with Crippen LogP contribution >= 0.6 is 0 Å². The van der Waals surface area contributed by atoms with Gasteiger partial charge in [-0.1, -0.05) is 46.8 Å². The molecule has 2 unspecified atom stereocenters. The first kappa shape index (κ1) is 23.9. The third-order valence-electron chi connectivity index (χ3n) is 9.41. The average Bonchev–Trinajstić information content (AvgIpc) is 3.19. The lowest BCUT2D eigenvalue weighted by atomic mass is 9.75. The summed E-state index contributed by atoms with van der Waals surface area (Å²) < 4.78 is 0. The Morgan fingerprint density at radius 3 is 2.45 bits per heavy atom. The van der Waals surface area contributed by atoms with Crippen LogP contribution in [0, 0.1) is 46.5 Å². The summed E-state index contributed by atoms with van der Waals surface area (Å²) in [6, 6.07) is 6.59. The van der Waals surface area contributed by atoms with Crippen molar-refractivity contribution in [1.29, 1.82) is 5.26 Å². The molecule has 4 saturated carbocycles. The first-order chi connectivity index (χ1) is 15.8. The van der Waals surface area contributed by atoms with Crippen LogP contribution in [-0.2, 0) is 0 Å². The van der Waals surface area contributed by atoms with Crippen molar-refractivity contribution in [3.63, 3.8) is 0 Å². The number of benzene rings is 1. The molecule has 2 N–H and O–H groups in total. The highest BCUT2D eigenvalue weighted by atomic mass is 15.2. The van der Waals surface area contributed by atoms with Gasteiger partial charge in [-0.15, -0.1) is 6.58 Å². The maximum absolute atomic E-state index is 9.37. The molecule has 5 atom stereocenters. The van der Waals surface area contributed by atoms with E-state index in [1.54, 1.807) is 0 Å². The fraction of sp³-hybridized carbons (Fsp3) is 0.655. The summed E-state index contributed by atoms with van der Waals surface area (Å²) in [5.41, 5.74) is 4.06. The van der Waals surface area contributed by atoms with E-state index in [0.717, 1.165) is 30.0 Å². The molecule has 0 spiro atoms. The highest BCUT2D eigenvalue weighted by Gasteiger charge is 2.57. The van der Waals surface area contributed by atoms with Crippen molar-refractivity contribution >= 4 is 11.6 Å². The number of aliphatic imine (C=N–C) groups is 1. The lowest BCUT2D eigenvalue weighted by molar-refractivity contribution is 0.210. The monoisotopic (exact) mass is 446 g/mol. The fourth-order valence-corrected chi connectivity index (χ4v) is 7.21. The van der Waals surface area contributed by atoms with E-state index in [-0.39, 0.29) is 0 Å². The van der Waals surface area contributed by atoms with Crippen molar-refractivity contribution in [3.05, 3.63) is 42.0 Å². The average molecular weight is 447 g/mol. The molecular formula is C29H42N4. The van der Waals surface area contributed by atoms with E-state index in [2.05, 4.69) is 76.2 Å². The second-order valence-corrected chi connectivity index (χ2v) is 11.7. The van der Waals surface area contributed by atoms with Gasteiger partial charge in [-0.2, -0.15) is 5.26 Å². The second-order valence-electron chi connectivity index (χ2n) is 11.7. The van der Waals surface area contributed by atoms with E-state index in [9.17, 15) is 5.26 Å². The SMILES string of the molecule is C=C[C@@H](C)c1ccc(NC(=NCC23CC4CC(CC2C4)C3)NC#N)cc1[C@@H](C)[C@H](C)C(C)C. The van der Waals surface area contributed by atoms with Gasteiger partial charge in [0, 0.05) is 12.2 Å². The number of nitrogens with one attached hydrogen (secondary N) is 2. The molecule has 1 aromatic rings. The van der Waals surface area contributed by atoms with Gasteiger partial charge in [0.25, 0.3) is 0 Å². The minimum Gasteiger partial charge on any atom is -0.326 e. The van der Waals surface area contributed by atoms with Crippen LogP contribution in [-0.4, -0.2) is 12.5 Å². The number of rotatable bonds is 8. The minimum absolute atomic E-state index is 0.299. The van der Waals surface area contributed by atoms with Crippen LogP contribution in [0.2, 0.25) is 0 Å². The molecule has 1 aromatic carbocycles. The van der Waals surface area contributed by atoms with Crippen LogP contribution in [0.25, 0.3) is 0 Å². The van der Waals surface area contributed by atoms with E-state index < -0.39 is 0 Å². The third kappa shape index (κ3) is 4.70. The van der Waals surface area contributed by atoms with Gasteiger partial charge in [0.05, 0.1) is 0 Å². The predicted molar refractivity (Wildman–Crippen MR) is 138 cm³/mol. The lowest BCUT2D eigenvalue weighted by Crippen LogP contribution is -2.31. The standard InChI is InChI=1S/C29H42N4/c1-7-19(4)26-9-8-25(13-27(26)21(6)20(5)18(2)3)33-28(32-17-30)31-16-29-14-22-10-23(15-29)12-24(29)11-22/h7-9,13,18-24H,1,10-12,14-16H2,2-6H3,(H2,31,32,33)/t19-,20-,21+,22?,23?,24?,29?/m1/s1. The zero-order valence-electron chi connectivity index (χ0n) is 21.2. The highest BCUT2D eigenvalue weighted by molar-refractivity contribution is 5.94. The summed E-state index contributed by atoms with van der Waals surface area (Å²) >= 11 is 0. The van der Waals surface area contributed by atoms with Crippen molar-refractivity contribution < 1.29 is 0 Å². The van der Waals surface area contributed by atoms with Crippen LogP contribution in [0.4, 0.5) is 5.69 Å². The Bertz CT molecular complexity index is 925. The number of hydrogen-bond acceptors (Lipinski definition) is 2. The smallest absolute Gasteiger partial charge is 0.209 e. The molecular weight excluding hydrogens is 404 g/mol. The molecule has 0 aliphatic heterocycles. The summed E-state index contributed by atoms with van der Waals surface area (Å²) in [6.07, 6.45) is 11.0. The summed E-state index contributed by atoms with van der Waals surface area (Å²) in [5, 5.41) is 15.6. The van der Waals surface area contributed by atoms with Crippen LogP contribution in [0.5, 0.6) is 0 Å². The molecule has 4 aliphatic carbocycles. The van der Waals surface area contributed by atoms with Gasteiger partial charge >= 0.3 is 0 Å². The molecule has 4 aliphatic rings. The molecule has 0 aromatic heterocycles. The molecule has 0 amide bonds. The Morgan fingerprint density at radius 2 is 1.85 bits per heavy atom. The summed E-state index contributed by atoms with van der Waals surface area (Å²) in [6.45, 7) is 16.3. The van der Waals surface area contributed by atoms with Crippen molar-refractivity contribution in [3.8, 4) is 6.19 Å². The third-order valence-corrected chi connectivity index (χ3v) is 9.41. The number of guanidine groups is 1. The maximum atomic E-state index is 9.37. The first-order valence-electron chi connectivity index (χ1n) is 13.0. The molecule has 4 fully saturated rings. The molecule has 5 rings (SSSR count). The van der Waals surface area contributed by atoms with Gasteiger partial charge < -0.3 is 5.32 Å². The number of nitriles is 1. The molecule has 0 heterocycles. The van der Waals surface area contributed by atoms with E-state index >= 15 is 0 Å². The number of hydrogen-bond donors (Lipinski definition) is 2. The summed E-state index contributed by atoms with van der Waals surface area (Å²) in [7, 11) is 0. The van der Waals surface area contributed by atoms with Gasteiger partial charge in [0.15, 0.2) is 6.19 Å². The van der Waals surface area contributed by atoms with Crippen molar-refractivity contribution in [2.75, 3.05) is 11.9 Å². The number of nitrogens with zero attached hydrogens (tertiary/aromatic N) is 2. The van der Waals surface area contributed by atoms with Crippen LogP contribution in [0.3, 0.4) is 0 Å². The van der Waals surface area contributed by atoms with Gasteiger partial charge in [-0.25, -0.2) is 0 Å². The molecule has 33 heavy (non-hydrogen) atoms. The van der Waals surface area contributed by atoms with E-state index in [0.29, 0.717) is 35.0 Å². The van der Waals surface area contributed by atoms with Crippen molar-refractivity contribution in [1.82, 2.24) is 5.32 Å². The molecule has 178 valence electrons. The van der Waals surface area contributed by atoms with E-state index in [4.69, 9.17) is 4.99 Å². The quantitative estimate of drug-likeness (QED) is 0.148. The lowest BCUT2D eigenvalue weighted by Gasteiger charge is -2.31. The van der Waals surface area contributed by atoms with E-state index in [1.807, 2.05) is 6.08 Å². The Kier molecular flexibility index (Phi) is 6.89.